The van der Waals surface area contributed by atoms with Crippen LogP contribution in [0.2, 0.25) is 5.15 Å². The molecular formula is C20H17ClN2O3. The van der Waals surface area contributed by atoms with Crippen molar-refractivity contribution in [1.82, 2.24) is 9.55 Å². The van der Waals surface area contributed by atoms with Crippen molar-refractivity contribution in [1.29, 1.82) is 0 Å². The number of halogens is 1. The molecule has 0 unspecified atom stereocenters. The molecule has 0 radical (unpaired) electrons. The van der Waals surface area contributed by atoms with Gasteiger partial charge in [0.1, 0.15) is 10.7 Å². The molecule has 6 heteroatoms. The number of carboxylic acid groups (broad SMARTS) is 1. The Labute approximate surface area is 154 Å². The predicted molar refractivity (Wildman–Crippen MR) is 101 cm³/mol. The Morgan fingerprint density at radius 2 is 2.04 bits per heavy atom. The van der Waals surface area contributed by atoms with Gasteiger partial charge in [-0.05, 0) is 61.1 Å². The maximum Gasteiger partial charge on any atom is 0.341 e. The first-order chi connectivity index (χ1) is 12.4. The SMILES string of the molecule is Cc1cc(-c2ccnc(Cl)c2)c(C)c2c1c(=O)c(C(=O)O)cn2C1CC1. The summed E-state index contributed by atoms with van der Waals surface area (Å²) in [6.45, 7) is 3.81. The lowest BCUT2D eigenvalue weighted by atomic mass is 9.94. The van der Waals surface area contributed by atoms with Gasteiger partial charge < -0.3 is 9.67 Å². The van der Waals surface area contributed by atoms with E-state index in [9.17, 15) is 14.7 Å². The monoisotopic (exact) mass is 368 g/mol. The van der Waals surface area contributed by atoms with Crippen LogP contribution in [0.25, 0.3) is 22.0 Å². The molecule has 4 rings (SSSR count). The largest absolute Gasteiger partial charge is 0.477 e. The number of nitrogens with zero attached hydrogens (tertiary/aromatic N) is 2. The first-order valence-electron chi connectivity index (χ1n) is 8.42. The van der Waals surface area contributed by atoms with Crippen LogP contribution >= 0.6 is 11.6 Å². The highest BCUT2D eigenvalue weighted by Gasteiger charge is 2.28. The summed E-state index contributed by atoms with van der Waals surface area (Å²) in [5, 5.41) is 10.3. The normalized spacial score (nSPS) is 14.0. The maximum atomic E-state index is 12.8. The standard InChI is InChI=1S/C20H17ClN2O3/c1-10-7-14(12-5-6-22-16(21)8-12)11(2)18-17(10)19(24)15(20(25)26)9-23(18)13-3-4-13/h5-9,13H,3-4H2,1-2H3,(H,25,26). The highest BCUT2D eigenvalue weighted by molar-refractivity contribution is 6.29. The first kappa shape index (κ1) is 16.8. The first-order valence-corrected chi connectivity index (χ1v) is 8.80. The molecule has 2 aromatic heterocycles. The molecular weight excluding hydrogens is 352 g/mol. The number of aromatic nitrogens is 2. The fourth-order valence-corrected chi connectivity index (χ4v) is 3.74. The van der Waals surface area contributed by atoms with Gasteiger partial charge in [-0.15, -0.1) is 0 Å². The van der Waals surface area contributed by atoms with Crippen molar-refractivity contribution in [2.24, 2.45) is 0 Å². The van der Waals surface area contributed by atoms with Gasteiger partial charge in [0.25, 0.3) is 0 Å². The minimum atomic E-state index is -1.19. The Kier molecular flexibility index (Phi) is 3.84. The lowest BCUT2D eigenvalue weighted by Gasteiger charge is -2.18. The topological polar surface area (TPSA) is 72.2 Å². The van der Waals surface area contributed by atoms with Crippen molar-refractivity contribution in [2.75, 3.05) is 0 Å². The van der Waals surface area contributed by atoms with E-state index in [0.717, 1.165) is 40.6 Å². The number of carboxylic acids is 1. The summed E-state index contributed by atoms with van der Waals surface area (Å²) in [6, 6.07) is 5.84. The summed E-state index contributed by atoms with van der Waals surface area (Å²) in [5.74, 6) is -1.19. The van der Waals surface area contributed by atoms with Crippen LogP contribution < -0.4 is 5.43 Å². The zero-order chi connectivity index (χ0) is 18.6. The smallest absolute Gasteiger partial charge is 0.341 e. The quantitative estimate of drug-likeness (QED) is 0.697. The number of hydrogen-bond acceptors (Lipinski definition) is 3. The minimum absolute atomic E-state index is 0.174. The number of rotatable bonds is 3. The van der Waals surface area contributed by atoms with Crippen LogP contribution in [0.5, 0.6) is 0 Å². The zero-order valence-corrected chi connectivity index (χ0v) is 15.2. The molecule has 1 aliphatic rings. The molecule has 1 aromatic carbocycles. The van der Waals surface area contributed by atoms with E-state index in [1.165, 1.54) is 6.20 Å². The zero-order valence-electron chi connectivity index (χ0n) is 14.4. The van der Waals surface area contributed by atoms with Gasteiger partial charge in [-0.2, -0.15) is 0 Å². The Hall–Kier alpha value is -2.66. The van der Waals surface area contributed by atoms with E-state index in [-0.39, 0.29) is 11.6 Å². The van der Waals surface area contributed by atoms with Crippen molar-refractivity contribution in [2.45, 2.75) is 32.7 Å². The second-order valence-electron chi connectivity index (χ2n) is 6.77. The molecule has 1 fully saturated rings. The van der Waals surface area contributed by atoms with Crippen LogP contribution in [-0.2, 0) is 0 Å². The lowest BCUT2D eigenvalue weighted by Crippen LogP contribution is -2.20. The summed E-state index contributed by atoms with van der Waals surface area (Å²) in [7, 11) is 0. The van der Waals surface area contributed by atoms with Gasteiger partial charge in [-0.1, -0.05) is 17.7 Å². The van der Waals surface area contributed by atoms with Crippen molar-refractivity contribution in [3.05, 3.63) is 62.7 Å². The third-order valence-corrected chi connectivity index (χ3v) is 5.16. The fraction of sp³-hybridized carbons (Fsp3) is 0.250. The summed E-state index contributed by atoms with van der Waals surface area (Å²) in [4.78, 5) is 28.4. The molecule has 1 saturated carbocycles. The average Bonchev–Trinajstić information content (AvgIpc) is 3.42. The Morgan fingerprint density at radius 3 is 2.65 bits per heavy atom. The van der Waals surface area contributed by atoms with Gasteiger partial charge in [0.15, 0.2) is 0 Å². The number of aryl methyl sites for hydroxylation is 2. The fourth-order valence-electron chi connectivity index (χ4n) is 3.57. The Morgan fingerprint density at radius 1 is 1.31 bits per heavy atom. The van der Waals surface area contributed by atoms with Crippen LogP contribution in [0.1, 0.15) is 40.4 Å². The van der Waals surface area contributed by atoms with Crippen molar-refractivity contribution >= 4 is 28.5 Å². The molecule has 26 heavy (non-hydrogen) atoms. The number of benzene rings is 1. The molecule has 0 amide bonds. The van der Waals surface area contributed by atoms with Gasteiger partial charge in [0, 0.05) is 23.8 Å². The molecule has 132 valence electrons. The van der Waals surface area contributed by atoms with E-state index >= 15 is 0 Å². The summed E-state index contributed by atoms with van der Waals surface area (Å²) in [6.07, 6.45) is 5.13. The summed E-state index contributed by atoms with van der Waals surface area (Å²) in [5.41, 5.74) is 3.80. The molecule has 3 aromatic rings. The van der Waals surface area contributed by atoms with E-state index in [1.54, 1.807) is 12.3 Å². The Balaban J connectivity index is 2.13. The number of carbonyl (C=O) groups is 1. The number of pyridine rings is 2. The molecule has 0 aliphatic heterocycles. The average molecular weight is 369 g/mol. The summed E-state index contributed by atoms with van der Waals surface area (Å²) < 4.78 is 1.97. The second-order valence-corrected chi connectivity index (χ2v) is 7.16. The van der Waals surface area contributed by atoms with Crippen molar-refractivity contribution in [3.63, 3.8) is 0 Å². The predicted octanol–water partition coefficient (Wildman–Crippen LogP) is 4.37. The highest BCUT2D eigenvalue weighted by Crippen LogP contribution is 2.40. The maximum absolute atomic E-state index is 12.8. The van der Waals surface area contributed by atoms with Crippen LogP contribution in [0, 0.1) is 13.8 Å². The third kappa shape index (κ3) is 2.59. The van der Waals surface area contributed by atoms with E-state index in [4.69, 9.17) is 11.6 Å². The van der Waals surface area contributed by atoms with Crippen LogP contribution in [0.3, 0.4) is 0 Å². The van der Waals surface area contributed by atoms with Crippen LogP contribution in [-0.4, -0.2) is 20.6 Å². The van der Waals surface area contributed by atoms with Gasteiger partial charge >= 0.3 is 5.97 Å². The van der Waals surface area contributed by atoms with Gasteiger partial charge in [-0.3, -0.25) is 4.79 Å². The molecule has 5 nitrogen and oxygen atoms in total. The molecule has 0 bridgehead atoms. The van der Waals surface area contributed by atoms with Crippen molar-refractivity contribution < 1.29 is 9.90 Å². The molecule has 0 atom stereocenters. The van der Waals surface area contributed by atoms with Gasteiger partial charge in [0.05, 0.1) is 5.52 Å². The number of hydrogen-bond donors (Lipinski definition) is 1. The van der Waals surface area contributed by atoms with Crippen LogP contribution in [0.15, 0.2) is 35.4 Å². The molecule has 0 saturated heterocycles. The van der Waals surface area contributed by atoms with Gasteiger partial charge in [0.2, 0.25) is 5.43 Å². The molecule has 1 aliphatic carbocycles. The van der Waals surface area contributed by atoms with E-state index < -0.39 is 11.4 Å². The third-order valence-electron chi connectivity index (χ3n) is 4.96. The number of aromatic carboxylic acids is 1. The molecule has 0 spiro atoms. The second kappa shape index (κ2) is 5.95. The van der Waals surface area contributed by atoms with Gasteiger partial charge in [-0.25, -0.2) is 9.78 Å². The summed E-state index contributed by atoms with van der Waals surface area (Å²) >= 11 is 6.05. The van der Waals surface area contributed by atoms with E-state index in [2.05, 4.69) is 4.98 Å². The molecule has 1 N–H and O–H groups in total. The van der Waals surface area contributed by atoms with E-state index in [1.807, 2.05) is 30.5 Å². The minimum Gasteiger partial charge on any atom is -0.477 e. The number of fused-ring (bicyclic) bond motifs is 1. The van der Waals surface area contributed by atoms with Crippen LogP contribution in [0.4, 0.5) is 0 Å². The highest BCUT2D eigenvalue weighted by atomic mass is 35.5. The molecule has 2 heterocycles. The van der Waals surface area contributed by atoms with E-state index in [0.29, 0.717) is 10.5 Å². The Bertz CT molecular complexity index is 1130. The van der Waals surface area contributed by atoms with Crippen molar-refractivity contribution in [3.8, 4) is 11.1 Å². The lowest BCUT2D eigenvalue weighted by molar-refractivity contribution is 0.0695.